The van der Waals surface area contributed by atoms with Crippen LogP contribution in [0.4, 0.5) is 0 Å². The molecule has 1 saturated heterocycles. The molecule has 5 rings (SSSR count). The van der Waals surface area contributed by atoms with Crippen molar-refractivity contribution in [3.05, 3.63) is 11.6 Å². The van der Waals surface area contributed by atoms with Crippen molar-refractivity contribution in [1.82, 2.24) is 0 Å². The highest BCUT2D eigenvalue weighted by atomic mass is 16.6. The number of epoxide rings is 1. The van der Waals surface area contributed by atoms with Gasteiger partial charge in [-0.15, -0.1) is 0 Å². The van der Waals surface area contributed by atoms with Gasteiger partial charge in [-0.3, -0.25) is 4.79 Å². The van der Waals surface area contributed by atoms with Crippen LogP contribution >= 0.6 is 0 Å². The molecule has 0 aromatic heterocycles. The maximum atomic E-state index is 11.7. The minimum atomic E-state index is 0.279. The lowest BCUT2D eigenvalue weighted by atomic mass is 9.51. The standard InChI is InChI=1S/C19H26O2/c1-18-8-6-15-14-5-3-13(20)10-12(14)2-4-16(15)17(18)7-9-19(18)11-21-19/h10,14-17H,2-9,11H2,1H3/t14?,15?,16?,17?,18-,19+/m0/s1. The van der Waals surface area contributed by atoms with Gasteiger partial charge < -0.3 is 4.74 Å². The summed E-state index contributed by atoms with van der Waals surface area (Å²) in [5, 5.41) is 0. The highest BCUT2D eigenvalue weighted by molar-refractivity contribution is 5.91. The lowest BCUT2D eigenvalue weighted by Gasteiger charge is -2.53. The summed E-state index contributed by atoms with van der Waals surface area (Å²) in [6.45, 7) is 3.56. The van der Waals surface area contributed by atoms with Crippen LogP contribution in [0.5, 0.6) is 0 Å². The van der Waals surface area contributed by atoms with Crippen LogP contribution in [0.15, 0.2) is 11.6 Å². The van der Waals surface area contributed by atoms with E-state index in [1.165, 1.54) is 44.1 Å². The molecule has 21 heavy (non-hydrogen) atoms. The Kier molecular flexibility index (Phi) is 2.46. The number of hydrogen-bond acceptors (Lipinski definition) is 2. The first-order chi connectivity index (χ1) is 10.1. The normalized spacial score (nSPS) is 54.7. The summed E-state index contributed by atoms with van der Waals surface area (Å²) in [7, 11) is 0. The zero-order valence-electron chi connectivity index (χ0n) is 13.1. The maximum absolute atomic E-state index is 11.7. The zero-order valence-corrected chi connectivity index (χ0v) is 13.1. The third-order valence-corrected chi connectivity index (χ3v) is 8.08. The van der Waals surface area contributed by atoms with Gasteiger partial charge in [-0.1, -0.05) is 12.5 Å². The van der Waals surface area contributed by atoms with E-state index in [2.05, 4.69) is 6.92 Å². The van der Waals surface area contributed by atoms with Gasteiger partial charge in [0.15, 0.2) is 5.78 Å². The second-order valence-corrected chi connectivity index (χ2v) is 8.58. The molecular weight excluding hydrogens is 260 g/mol. The molecule has 4 aliphatic carbocycles. The number of hydrogen-bond donors (Lipinski definition) is 0. The molecule has 0 radical (unpaired) electrons. The largest absolute Gasteiger partial charge is 0.369 e. The van der Waals surface area contributed by atoms with E-state index in [1.807, 2.05) is 6.08 Å². The first kappa shape index (κ1) is 12.9. The Morgan fingerprint density at radius 3 is 2.76 bits per heavy atom. The Bertz CT molecular complexity index is 530. The van der Waals surface area contributed by atoms with Crippen molar-refractivity contribution in [2.75, 3.05) is 6.61 Å². The molecule has 6 atom stereocenters. The molecule has 1 aliphatic heterocycles. The summed E-state index contributed by atoms with van der Waals surface area (Å²) in [4.78, 5) is 11.7. The van der Waals surface area contributed by atoms with E-state index in [1.54, 1.807) is 0 Å². The Morgan fingerprint density at radius 1 is 1.10 bits per heavy atom. The van der Waals surface area contributed by atoms with Crippen LogP contribution in [0.25, 0.3) is 0 Å². The minimum Gasteiger partial charge on any atom is -0.369 e. The van der Waals surface area contributed by atoms with Crippen LogP contribution in [-0.2, 0) is 9.53 Å². The molecule has 3 saturated carbocycles. The van der Waals surface area contributed by atoms with Gasteiger partial charge >= 0.3 is 0 Å². The smallest absolute Gasteiger partial charge is 0.155 e. The summed E-state index contributed by atoms with van der Waals surface area (Å²) < 4.78 is 5.97. The van der Waals surface area contributed by atoms with Gasteiger partial charge in [0.2, 0.25) is 0 Å². The van der Waals surface area contributed by atoms with Gasteiger partial charge in [0, 0.05) is 11.8 Å². The predicted octanol–water partition coefficient (Wildman–Crippen LogP) is 3.90. The van der Waals surface area contributed by atoms with Crippen molar-refractivity contribution >= 4 is 5.78 Å². The summed E-state index contributed by atoms with van der Waals surface area (Å²) in [6.07, 6.45) is 11.9. The highest BCUT2D eigenvalue weighted by Crippen LogP contribution is 2.69. The molecule has 0 amide bonds. The average Bonchev–Trinajstić information content (AvgIpc) is 3.20. The molecule has 4 unspecified atom stereocenters. The van der Waals surface area contributed by atoms with E-state index in [0.717, 1.165) is 43.1 Å². The number of carbonyl (C=O) groups excluding carboxylic acids is 1. The van der Waals surface area contributed by atoms with E-state index < -0.39 is 0 Å². The fourth-order valence-corrected chi connectivity index (χ4v) is 6.83. The molecule has 114 valence electrons. The molecule has 0 aromatic carbocycles. The Balaban J connectivity index is 1.47. The minimum absolute atomic E-state index is 0.279. The molecule has 4 fully saturated rings. The number of ketones is 1. The van der Waals surface area contributed by atoms with E-state index in [9.17, 15) is 4.79 Å². The van der Waals surface area contributed by atoms with Gasteiger partial charge in [0.25, 0.3) is 0 Å². The van der Waals surface area contributed by atoms with E-state index >= 15 is 0 Å². The number of ether oxygens (including phenoxy) is 1. The SMILES string of the molecule is C[C@]12CCC3C4CCC(=O)C=C4CCC3C1CC[C@@]21CO1. The number of allylic oxidation sites excluding steroid dienone is 1. The predicted molar refractivity (Wildman–Crippen MR) is 80.8 cm³/mol. The highest BCUT2D eigenvalue weighted by Gasteiger charge is 2.68. The average molecular weight is 286 g/mol. The van der Waals surface area contributed by atoms with Gasteiger partial charge in [0.1, 0.15) is 0 Å². The number of carbonyl (C=O) groups is 1. The fourth-order valence-electron chi connectivity index (χ4n) is 6.83. The number of fused-ring (bicyclic) bond motifs is 6. The van der Waals surface area contributed by atoms with Crippen molar-refractivity contribution in [1.29, 1.82) is 0 Å². The van der Waals surface area contributed by atoms with Crippen LogP contribution < -0.4 is 0 Å². The molecule has 5 aliphatic rings. The topological polar surface area (TPSA) is 29.6 Å². The maximum Gasteiger partial charge on any atom is 0.155 e. The van der Waals surface area contributed by atoms with Crippen LogP contribution in [0, 0.1) is 29.1 Å². The van der Waals surface area contributed by atoms with Crippen LogP contribution in [-0.4, -0.2) is 18.0 Å². The third kappa shape index (κ3) is 1.55. The fraction of sp³-hybridized carbons (Fsp3) is 0.842. The summed E-state index contributed by atoms with van der Waals surface area (Å²) in [5.41, 5.74) is 2.24. The summed E-state index contributed by atoms with van der Waals surface area (Å²) >= 11 is 0. The molecular formula is C19H26O2. The monoisotopic (exact) mass is 286 g/mol. The van der Waals surface area contributed by atoms with Crippen molar-refractivity contribution in [2.24, 2.45) is 29.1 Å². The third-order valence-electron chi connectivity index (χ3n) is 8.08. The molecule has 1 spiro atoms. The molecule has 2 nitrogen and oxygen atoms in total. The summed E-state index contributed by atoms with van der Waals surface area (Å²) in [5.74, 6) is 3.78. The van der Waals surface area contributed by atoms with Crippen molar-refractivity contribution < 1.29 is 9.53 Å². The van der Waals surface area contributed by atoms with Crippen LogP contribution in [0.2, 0.25) is 0 Å². The molecule has 0 aromatic rings. The first-order valence-electron chi connectivity index (χ1n) is 9.00. The Morgan fingerprint density at radius 2 is 1.95 bits per heavy atom. The van der Waals surface area contributed by atoms with E-state index in [4.69, 9.17) is 4.74 Å². The Hall–Kier alpha value is -0.630. The van der Waals surface area contributed by atoms with Gasteiger partial charge in [-0.25, -0.2) is 0 Å². The van der Waals surface area contributed by atoms with Crippen molar-refractivity contribution in [3.8, 4) is 0 Å². The molecule has 1 heterocycles. The van der Waals surface area contributed by atoms with E-state index in [-0.39, 0.29) is 5.60 Å². The summed E-state index contributed by atoms with van der Waals surface area (Å²) in [6, 6.07) is 0. The lowest BCUT2D eigenvalue weighted by Crippen LogP contribution is -2.48. The number of rotatable bonds is 0. The quantitative estimate of drug-likeness (QED) is 0.632. The first-order valence-corrected chi connectivity index (χ1v) is 9.00. The van der Waals surface area contributed by atoms with Crippen LogP contribution in [0.1, 0.15) is 58.3 Å². The van der Waals surface area contributed by atoms with E-state index in [0.29, 0.717) is 11.2 Å². The molecule has 2 heteroatoms. The Labute approximate surface area is 127 Å². The lowest BCUT2D eigenvalue weighted by molar-refractivity contribution is -0.116. The van der Waals surface area contributed by atoms with Crippen molar-refractivity contribution in [3.63, 3.8) is 0 Å². The second-order valence-electron chi connectivity index (χ2n) is 8.58. The zero-order chi connectivity index (χ0) is 14.2. The van der Waals surface area contributed by atoms with Gasteiger partial charge in [0.05, 0.1) is 12.2 Å². The molecule has 0 bridgehead atoms. The second kappa shape index (κ2) is 4.01. The van der Waals surface area contributed by atoms with Crippen molar-refractivity contribution in [2.45, 2.75) is 63.9 Å². The molecule has 0 N–H and O–H groups in total. The van der Waals surface area contributed by atoms with Gasteiger partial charge in [-0.05, 0) is 74.7 Å². The van der Waals surface area contributed by atoms with Gasteiger partial charge in [-0.2, -0.15) is 0 Å². The van der Waals surface area contributed by atoms with Crippen LogP contribution in [0.3, 0.4) is 0 Å².